The van der Waals surface area contributed by atoms with Crippen molar-refractivity contribution >= 4 is 27.3 Å². The topological polar surface area (TPSA) is 24.9 Å². The van der Waals surface area contributed by atoms with Crippen LogP contribution in [0.3, 0.4) is 0 Å². The lowest BCUT2D eigenvalue weighted by Gasteiger charge is -2.11. The fraction of sp³-hybridized carbons (Fsp3) is 0.250. The van der Waals surface area contributed by atoms with Crippen LogP contribution in [-0.4, -0.2) is 4.98 Å². The fourth-order valence-electron chi connectivity index (χ4n) is 1.44. The molecule has 2 heterocycles. The molecule has 0 aliphatic rings. The van der Waals surface area contributed by atoms with Crippen molar-refractivity contribution in [3.05, 3.63) is 50.9 Å². The van der Waals surface area contributed by atoms with E-state index in [0.29, 0.717) is 0 Å². The van der Waals surface area contributed by atoms with Gasteiger partial charge in [0.2, 0.25) is 0 Å². The Morgan fingerprint density at radius 3 is 2.88 bits per heavy atom. The van der Waals surface area contributed by atoms with Gasteiger partial charge in [0.25, 0.3) is 0 Å². The molecule has 2 aromatic rings. The van der Waals surface area contributed by atoms with Crippen LogP contribution in [0.4, 0.5) is 0 Å². The third-order valence-corrected chi connectivity index (χ3v) is 3.97. The van der Waals surface area contributed by atoms with Crippen LogP contribution in [0.25, 0.3) is 0 Å². The zero-order valence-corrected chi connectivity index (χ0v) is 11.4. The monoisotopic (exact) mass is 296 g/mol. The molecular formula is C12H13BrN2S. The summed E-state index contributed by atoms with van der Waals surface area (Å²) in [5.41, 5.74) is 1.08. The number of rotatable bonds is 4. The van der Waals surface area contributed by atoms with Crippen LogP contribution in [-0.2, 0) is 6.54 Å². The third-order valence-electron chi connectivity index (χ3n) is 2.34. The Labute approximate surface area is 108 Å². The molecular weight excluding hydrogens is 284 g/mol. The maximum absolute atomic E-state index is 4.33. The largest absolute Gasteiger partial charge is 0.304 e. The zero-order valence-electron chi connectivity index (χ0n) is 8.98. The second-order valence-corrected chi connectivity index (χ2v) is 6.11. The van der Waals surface area contributed by atoms with Crippen LogP contribution in [0, 0.1) is 0 Å². The van der Waals surface area contributed by atoms with E-state index in [-0.39, 0.29) is 6.04 Å². The van der Waals surface area contributed by atoms with Crippen molar-refractivity contribution in [1.82, 2.24) is 10.3 Å². The number of thiophene rings is 1. The average Bonchev–Trinajstić information content (AvgIpc) is 2.73. The Hall–Kier alpha value is -0.710. The molecule has 0 saturated heterocycles. The van der Waals surface area contributed by atoms with Crippen LogP contribution < -0.4 is 5.32 Å². The van der Waals surface area contributed by atoms with Gasteiger partial charge in [-0.05, 0) is 47.1 Å². The van der Waals surface area contributed by atoms with E-state index >= 15 is 0 Å². The first-order valence-corrected chi connectivity index (χ1v) is 6.75. The molecule has 0 saturated carbocycles. The standard InChI is InChI=1S/C12H13BrN2S/c1-9(11-4-2-3-7-14-11)15-8-10-5-6-12(13)16-10/h2-7,9,15H,8H2,1H3/t9-/m0/s1. The molecule has 1 atom stereocenters. The number of hydrogen-bond acceptors (Lipinski definition) is 3. The van der Waals surface area contributed by atoms with E-state index in [2.05, 4.69) is 45.3 Å². The number of pyridine rings is 1. The summed E-state index contributed by atoms with van der Waals surface area (Å²) in [4.78, 5) is 5.66. The fourth-order valence-corrected chi connectivity index (χ4v) is 2.87. The first-order valence-electron chi connectivity index (χ1n) is 5.14. The van der Waals surface area contributed by atoms with E-state index < -0.39 is 0 Å². The van der Waals surface area contributed by atoms with Gasteiger partial charge in [-0.2, -0.15) is 0 Å². The van der Waals surface area contributed by atoms with E-state index in [1.54, 1.807) is 11.3 Å². The Morgan fingerprint density at radius 2 is 2.25 bits per heavy atom. The van der Waals surface area contributed by atoms with E-state index in [4.69, 9.17) is 0 Å². The first kappa shape index (κ1) is 11.8. The maximum Gasteiger partial charge on any atom is 0.0701 e. The third kappa shape index (κ3) is 3.14. The van der Waals surface area contributed by atoms with Gasteiger partial charge in [-0.15, -0.1) is 11.3 Å². The Kier molecular flexibility index (Phi) is 4.09. The zero-order chi connectivity index (χ0) is 11.4. The Morgan fingerprint density at radius 1 is 1.38 bits per heavy atom. The molecule has 16 heavy (non-hydrogen) atoms. The van der Waals surface area contributed by atoms with Gasteiger partial charge in [-0.1, -0.05) is 6.07 Å². The Bertz CT molecular complexity index is 441. The van der Waals surface area contributed by atoms with E-state index in [0.717, 1.165) is 12.2 Å². The molecule has 2 aromatic heterocycles. The SMILES string of the molecule is C[C@H](NCc1ccc(Br)s1)c1ccccn1. The lowest BCUT2D eigenvalue weighted by molar-refractivity contribution is 0.565. The van der Waals surface area contributed by atoms with E-state index in [1.807, 2.05) is 24.4 Å². The highest BCUT2D eigenvalue weighted by molar-refractivity contribution is 9.11. The summed E-state index contributed by atoms with van der Waals surface area (Å²) >= 11 is 5.22. The van der Waals surface area contributed by atoms with E-state index in [9.17, 15) is 0 Å². The summed E-state index contributed by atoms with van der Waals surface area (Å²) < 4.78 is 1.18. The van der Waals surface area contributed by atoms with Gasteiger partial charge >= 0.3 is 0 Å². The first-order chi connectivity index (χ1) is 7.75. The van der Waals surface area contributed by atoms with Gasteiger partial charge in [0, 0.05) is 23.7 Å². The lowest BCUT2D eigenvalue weighted by atomic mass is 10.2. The molecule has 0 radical (unpaired) electrons. The number of aromatic nitrogens is 1. The minimum atomic E-state index is 0.280. The predicted molar refractivity (Wildman–Crippen MR) is 71.5 cm³/mol. The highest BCUT2D eigenvalue weighted by atomic mass is 79.9. The smallest absolute Gasteiger partial charge is 0.0701 e. The van der Waals surface area contributed by atoms with Crippen molar-refractivity contribution in [1.29, 1.82) is 0 Å². The van der Waals surface area contributed by atoms with Crippen LogP contribution in [0.2, 0.25) is 0 Å². The molecule has 2 rings (SSSR count). The second-order valence-electron chi connectivity index (χ2n) is 3.56. The molecule has 84 valence electrons. The second kappa shape index (κ2) is 5.57. The van der Waals surface area contributed by atoms with Gasteiger partial charge in [0.05, 0.1) is 9.48 Å². The number of nitrogens with one attached hydrogen (secondary N) is 1. The van der Waals surface area contributed by atoms with Crippen LogP contribution in [0.5, 0.6) is 0 Å². The van der Waals surface area contributed by atoms with Gasteiger partial charge in [0.15, 0.2) is 0 Å². The molecule has 0 amide bonds. The van der Waals surface area contributed by atoms with Crippen molar-refractivity contribution in [2.75, 3.05) is 0 Å². The summed E-state index contributed by atoms with van der Waals surface area (Å²) in [5.74, 6) is 0. The van der Waals surface area contributed by atoms with Crippen LogP contribution in [0.1, 0.15) is 23.5 Å². The van der Waals surface area contributed by atoms with Gasteiger partial charge in [-0.3, -0.25) is 4.98 Å². The summed E-state index contributed by atoms with van der Waals surface area (Å²) in [6.45, 7) is 3.01. The van der Waals surface area contributed by atoms with Crippen molar-refractivity contribution in [2.45, 2.75) is 19.5 Å². The number of hydrogen-bond donors (Lipinski definition) is 1. The molecule has 2 nitrogen and oxygen atoms in total. The minimum Gasteiger partial charge on any atom is -0.304 e. The molecule has 0 fully saturated rings. The molecule has 0 aliphatic heterocycles. The molecule has 0 unspecified atom stereocenters. The molecule has 0 aromatic carbocycles. The van der Waals surface area contributed by atoms with Crippen molar-refractivity contribution < 1.29 is 0 Å². The molecule has 1 N–H and O–H groups in total. The van der Waals surface area contributed by atoms with Crippen LogP contribution >= 0.6 is 27.3 Å². The minimum absolute atomic E-state index is 0.280. The quantitative estimate of drug-likeness (QED) is 0.929. The van der Waals surface area contributed by atoms with Crippen molar-refractivity contribution in [3.63, 3.8) is 0 Å². The predicted octanol–water partition coefficient (Wildman–Crippen LogP) is 3.76. The lowest BCUT2D eigenvalue weighted by Crippen LogP contribution is -2.18. The summed E-state index contributed by atoms with van der Waals surface area (Å²) in [5, 5.41) is 3.46. The summed E-state index contributed by atoms with van der Waals surface area (Å²) in [6.07, 6.45) is 1.83. The number of halogens is 1. The maximum atomic E-state index is 4.33. The molecule has 0 bridgehead atoms. The normalized spacial score (nSPS) is 12.6. The molecule has 0 aliphatic carbocycles. The highest BCUT2D eigenvalue weighted by Gasteiger charge is 2.05. The molecule has 0 spiro atoms. The average molecular weight is 297 g/mol. The van der Waals surface area contributed by atoms with Crippen molar-refractivity contribution in [3.8, 4) is 0 Å². The summed E-state index contributed by atoms with van der Waals surface area (Å²) in [7, 11) is 0. The Balaban J connectivity index is 1.91. The van der Waals surface area contributed by atoms with Crippen molar-refractivity contribution in [2.24, 2.45) is 0 Å². The highest BCUT2D eigenvalue weighted by Crippen LogP contribution is 2.22. The number of nitrogens with zero attached hydrogens (tertiary/aromatic N) is 1. The van der Waals surface area contributed by atoms with Gasteiger partial charge in [-0.25, -0.2) is 0 Å². The van der Waals surface area contributed by atoms with Gasteiger partial charge in [0.1, 0.15) is 0 Å². The molecule has 4 heteroatoms. The summed E-state index contributed by atoms with van der Waals surface area (Å²) in [6, 6.07) is 10.5. The van der Waals surface area contributed by atoms with Gasteiger partial charge < -0.3 is 5.32 Å². The van der Waals surface area contributed by atoms with Crippen LogP contribution in [0.15, 0.2) is 40.3 Å². The van der Waals surface area contributed by atoms with E-state index in [1.165, 1.54) is 8.66 Å².